The summed E-state index contributed by atoms with van der Waals surface area (Å²) in [5.74, 6) is 0.123. The zero-order valence-electron chi connectivity index (χ0n) is 17.9. The number of aliphatic hydroxyl groups excluding tert-OH is 1. The highest BCUT2D eigenvalue weighted by Gasteiger charge is 2.35. The highest BCUT2D eigenvalue weighted by molar-refractivity contribution is 5.83. The topological polar surface area (TPSA) is 122 Å². The van der Waals surface area contributed by atoms with Crippen LogP contribution in [-0.2, 0) is 15.3 Å². The van der Waals surface area contributed by atoms with Crippen molar-refractivity contribution in [1.82, 2.24) is 20.4 Å². The fourth-order valence-electron chi connectivity index (χ4n) is 3.78. The summed E-state index contributed by atoms with van der Waals surface area (Å²) in [6, 6.07) is 1.17. The van der Waals surface area contributed by atoms with Crippen molar-refractivity contribution >= 4 is 11.8 Å². The molecule has 0 radical (unpaired) electrons. The fourth-order valence-corrected chi connectivity index (χ4v) is 3.78. The summed E-state index contributed by atoms with van der Waals surface area (Å²) in [7, 11) is 0. The number of aliphatic hydroxyl groups is 1. The van der Waals surface area contributed by atoms with Gasteiger partial charge in [-0.3, -0.25) is 15.3 Å². The van der Waals surface area contributed by atoms with Gasteiger partial charge in [-0.05, 0) is 31.2 Å². The molecule has 2 rings (SSSR count). The van der Waals surface area contributed by atoms with Gasteiger partial charge in [0.25, 0.3) is 5.91 Å². The molecule has 1 aromatic rings. The lowest BCUT2D eigenvalue weighted by molar-refractivity contribution is -0.132. The Morgan fingerprint density at radius 3 is 2.59 bits per heavy atom. The summed E-state index contributed by atoms with van der Waals surface area (Å²) in [5, 5.41) is 20.6. The van der Waals surface area contributed by atoms with Crippen LogP contribution >= 0.6 is 0 Å². The van der Waals surface area contributed by atoms with Crippen LogP contribution in [-0.4, -0.2) is 45.4 Å². The molecule has 1 heterocycles. The normalized spacial score (nSPS) is 19.4. The predicted octanol–water partition coefficient (Wildman–Crippen LogP) is 1.49. The molecule has 2 amide bonds. The van der Waals surface area contributed by atoms with Gasteiger partial charge in [-0.2, -0.15) is 5.10 Å². The third kappa shape index (κ3) is 7.12. The summed E-state index contributed by atoms with van der Waals surface area (Å²) < 4.78 is 1.39. The van der Waals surface area contributed by atoms with Gasteiger partial charge in [-0.15, -0.1) is 0 Å². The van der Waals surface area contributed by atoms with Crippen molar-refractivity contribution < 1.29 is 14.7 Å². The Morgan fingerprint density at radius 1 is 1.31 bits per heavy atom. The van der Waals surface area contributed by atoms with Gasteiger partial charge in [0.15, 0.2) is 5.66 Å². The van der Waals surface area contributed by atoms with Crippen molar-refractivity contribution in [3.63, 3.8) is 0 Å². The number of nitrogens with one attached hydrogen (secondary N) is 2. The first-order valence-electron chi connectivity index (χ1n) is 10.7. The van der Waals surface area contributed by atoms with Crippen LogP contribution in [0, 0.1) is 11.8 Å². The molecule has 1 aliphatic rings. The molecule has 0 aromatic carbocycles. The molecule has 3 atom stereocenters. The summed E-state index contributed by atoms with van der Waals surface area (Å²) in [6.07, 6.45) is 8.53. The van der Waals surface area contributed by atoms with Crippen molar-refractivity contribution in [2.45, 2.75) is 83.5 Å². The third-order valence-electron chi connectivity index (χ3n) is 5.64. The standard InChI is InChI=1S/C21H37N5O3/c1-15(2)14-23-19(28)13-18(27)17(12-16-8-5-4-6-9-16)25-20(29)21(3,22)26-11-7-10-24-26/h7,10-11,15-18,27H,4-6,8-9,12-14,22H2,1-3H3,(H,23,28)(H,25,29)/t17?,18?,21-/m0/s1. The molecule has 8 nitrogen and oxygen atoms in total. The van der Waals surface area contributed by atoms with Gasteiger partial charge in [0.1, 0.15) is 0 Å². The van der Waals surface area contributed by atoms with Gasteiger partial charge in [0.05, 0.1) is 18.6 Å². The minimum absolute atomic E-state index is 0.0482. The van der Waals surface area contributed by atoms with Crippen LogP contribution < -0.4 is 16.4 Å². The average molecular weight is 408 g/mol. The summed E-state index contributed by atoms with van der Waals surface area (Å²) in [5.41, 5.74) is 4.84. The van der Waals surface area contributed by atoms with Crippen molar-refractivity contribution in [1.29, 1.82) is 0 Å². The van der Waals surface area contributed by atoms with Gasteiger partial charge >= 0.3 is 0 Å². The van der Waals surface area contributed by atoms with E-state index in [9.17, 15) is 14.7 Å². The van der Waals surface area contributed by atoms with Gasteiger partial charge in [0, 0.05) is 18.9 Å². The molecule has 1 saturated carbocycles. The molecular weight excluding hydrogens is 370 g/mol. The molecule has 8 heteroatoms. The second-order valence-corrected chi connectivity index (χ2v) is 8.89. The number of hydrogen-bond acceptors (Lipinski definition) is 5. The number of nitrogens with two attached hydrogens (primary N) is 1. The van der Waals surface area contributed by atoms with Crippen molar-refractivity contribution in [3.8, 4) is 0 Å². The van der Waals surface area contributed by atoms with Gasteiger partial charge < -0.3 is 15.7 Å². The summed E-state index contributed by atoms with van der Waals surface area (Å²) in [4.78, 5) is 25.1. The van der Waals surface area contributed by atoms with Crippen LogP contribution in [0.25, 0.3) is 0 Å². The Bertz CT molecular complexity index is 639. The number of amides is 2. The number of rotatable bonds is 10. The average Bonchev–Trinajstić information content (AvgIpc) is 3.22. The van der Waals surface area contributed by atoms with Crippen LogP contribution in [0.2, 0.25) is 0 Å². The largest absolute Gasteiger partial charge is 0.390 e. The maximum absolute atomic E-state index is 12.9. The van der Waals surface area contributed by atoms with E-state index in [2.05, 4.69) is 15.7 Å². The Morgan fingerprint density at radius 2 is 2.00 bits per heavy atom. The molecule has 1 aromatic heterocycles. The van der Waals surface area contributed by atoms with E-state index in [0.717, 1.165) is 25.7 Å². The number of hydrogen-bond donors (Lipinski definition) is 4. The Balaban J connectivity index is 2.05. The zero-order valence-corrected chi connectivity index (χ0v) is 17.9. The lowest BCUT2D eigenvalue weighted by Gasteiger charge is -2.33. The van der Waals surface area contributed by atoms with Gasteiger partial charge in [0.2, 0.25) is 5.91 Å². The Hall–Kier alpha value is -1.93. The van der Waals surface area contributed by atoms with Crippen LogP contribution in [0.3, 0.4) is 0 Å². The Labute approximate surface area is 173 Å². The van der Waals surface area contributed by atoms with Crippen LogP contribution in [0.5, 0.6) is 0 Å². The van der Waals surface area contributed by atoms with Crippen LogP contribution in [0.1, 0.15) is 65.7 Å². The molecule has 29 heavy (non-hydrogen) atoms. The van der Waals surface area contributed by atoms with Crippen molar-refractivity contribution in [2.24, 2.45) is 17.6 Å². The molecule has 5 N–H and O–H groups in total. The van der Waals surface area contributed by atoms with E-state index in [0.29, 0.717) is 24.8 Å². The molecule has 0 aliphatic heterocycles. The zero-order chi connectivity index (χ0) is 21.4. The quantitative estimate of drug-likeness (QED) is 0.468. The molecular formula is C21H37N5O3. The summed E-state index contributed by atoms with van der Waals surface area (Å²) in [6.45, 7) is 6.17. The highest BCUT2D eigenvalue weighted by Crippen LogP contribution is 2.28. The minimum Gasteiger partial charge on any atom is -0.390 e. The maximum Gasteiger partial charge on any atom is 0.262 e. The first-order valence-corrected chi connectivity index (χ1v) is 10.7. The lowest BCUT2D eigenvalue weighted by Crippen LogP contribution is -2.58. The van der Waals surface area contributed by atoms with E-state index in [1.54, 1.807) is 25.4 Å². The number of nitrogens with zero attached hydrogens (tertiary/aromatic N) is 2. The van der Waals surface area contributed by atoms with E-state index in [-0.39, 0.29) is 12.3 Å². The molecule has 0 bridgehead atoms. The van der Waals surface area contributed by atoms with E-state index in [4.69, 9.17) is 5.73 Å². The maximum atomic E-state index is 12.9. The minimum atomic E-state index is -1.38. The van der Waals surface area contributed by atoms with Crippen LogP contribution in [0.15, 0.2) is 18.5 Å². The summed E-state index contributed by atoms with van der Waals surface area (Å²) >= 11 is 0. The van der Waals surface area contributed by atoms with E-state index >= 15 is 0 Å². The first-order chi connectivity index (χ1) is 13.7. The predicted molar refractivity (Wildman–Crippen MR) is 112 cm³/mol. The first kappa shape index (κ1) is 23.3. The van der Waals surface area contributed by atoms with Crippen molar-refractivity contribution in [2.75, 3.05) is 6.54 Å². The lowest BCUT2D eigenvalue weighted by atomic mass is 9.83. The molecule has 0 saturated heterocycles. The smallest absolute Gasteiger partial charge is 0.262 e. The molecule has 1 fully saturated rings. The van der Waals surface area contributed by atoms with E-state index in [1.165, 1.54) is 11.1 Å². The number of aromatic nitrogens is 2. The second kappa shape index (κ2) is 10.7. The molecule has 1 aliphatic carbocycles. The van der Waals surface area contributed by atoms with E-state index in [1.807, 2.05) is 13.8 Å². The van der Waals surface area contributed by atoms with E-state index < -0.39 is 23.7 Å². The van der Waals surface area contributed by atoms with Gasteiger partial charge in [-0.25, -0.2) is 4.68 Å². The van der Waals surface area contributed by atoms with Crippen LogP contribution in [0.4, 0.5) is 0 Å². The SMILES string of the molecule is CC(C)CNC(=O)CC(O)C(CC1CCCCC1)NC(=O)[C@@](C)(N)n1cccn1. The Kier molecular flexibility index (Phi) is 8.64. The van der Waals surface area contributed by atoms with Crippen molar-refractivity contribution in [3.05, 3.63) is 18.5 Å². The number of carbonyl (C=O) groups excluding carboxylic acids is 2. The number of carbonyl (C=O) groups is 2. The fraction of sp³-hybridized carbons (Fsp3) is 0.762. The second-order valence-electron chi connectivity index (χ2n) is 8.89. The highest BCUT2D eigenvalue weighted by atomic mass is 16.3. The molecule has 2 unspecified atom stereocenters. The monoisotopic (exact) mass is 407 g/mol. The molecule has 164 valence electrons. The third-order valence-corrected chi connectivity index (χ3v) is 5.64. The molecule has 0 spiro atoms. The van der Waals surface area contributed by atoms with Gasteiger partial charge in [-0.1, -0.05) is 46.0 Å².